The Bertz CT molecular complexity index is 1600. The molecule has 0 spiro atoms. The Morgan fingerprint density at radius 1 is 0.975 bits per heavy atom. The highest BCUT2D eigenvalue weighted by Crippen LogP contribution is 2.27. The summed E-state index contributed by atoms with van der Waals surface area (Å²) in [4.78, 5) is 16.5. The predicted octanol–water partition coefficient (Wildman–Crippen LogP) is 6.60. The first-order valence-corrected chi connectivity index (χ1v) is 12.0. The first-order chi connectivity index (χ1) is 19.2. The Hall–Kier alpha value is -5.13. The fourth-order valence-corrected chi connectivity index (χ4v) is 3.82. The number of nitrogens with zero attached hydrogens (tertiary/aromatic N) is 4. The van der Waals surface area contributed by atoms with Gasteiger partial charge in [0.05, 0.1) is 6.54 Å². The summed E-state index contributed by atoms with van der Waals surface area (Å²) in [6, 6.07) is 23.6. The lowest BCUT2D eigenvalue weighted by Gasteiger charge is -2.09. The van der Waals surface area contributed by atoms with Crippen LogP contribution >= 0.6 is 0 Å². The number of halogens is 3. The van der Waals surface area contributed by atoms with E-state index in [2.05, 4.69) is 25.3 Å². The normalized spacial score (nSPS) is 11.3. The minimum Gasteiger partial charge on any atom is -0.444 e. The van der Waals surface area contributed by atoms with Crippen molar-refractivity contribution in [2.75, 3.05) is 5.32 Å². The summed E-state index contributed by atoms with van der Waals surface area (Å²) in [5, 5.41) is 11.2. The third-order valence-electron chi connectivity index (χ3n) is 5.69. The molecule has 5 aromatic rings. The Morgan fingerprint density at radius 3 is 2.48 bits per heavy atom. The summed E-state index contributed by atoms with van der Waals surface area (Å²) in [6.45, 7) is 2.44. The Kier molecular flexibility index (Phi) is 7.49. The molecule has 2 aromatic heterocycles. The SMILES string of the molecule is Cc1cc(-c2nc(-c3ccc(OC(F)(F)F)cc3)no2)nn1Cc1cccc(NC(=O)OCc2ccccc2)c1. The molecule has 0 aliphatic heterocycles. The van der Waals surface area contributed by atoms with Crippen molar-refractivity contribution in [3.8, 4) is 28.7 Å². The van der Waals surface area contributed by atoms with Crippen molar-refractivity contribution in [2.45, 2.75) is 26.4 Å². The van der Waals surface area contributed by atoms with Crippen molar-refractivity contribution in [1.29, 1.82) is 0 Å². The summed E-state index contributed by atoms with van der Waals surface area (Å²) in [5.74, 6) is 0.000386. The highest BCUT2D eigenvalue weighted by Gasteiger charge is 2.31. The molecule has 12 heteroatoms. The van der Waals surface area contributed by atoms with E-state index in [1.165, 1.54) is 24.3 Å². The molecular formula is C28H22F3N5O4. The monoisotopic (exact) mass is 549 g/mol. The third-order valence-corrected chi connectivity index (χ3v) is 5.69. The number of alkyl halides is 3. The first kappa shape index (κ1) is 26.5. The molecule has 3 aromatic carbocycles. The van der Waals surface area contributed by atoms with E-state index in [0.717, 1.165) is 16.8 Å². The largest absolute Gasteiger partial charge is 0.573 e. The minimum atomic E-state index is -4.77. The number of ether oxygens (including phenoxy) is 2. The van der Waals surface area contributed by atoms with E-state index in [4.69, 9.17) is 9.26 Å². The highest BCUT2D eigenvalue weighted by atomic mass is 19.4. The molecule has 0 saturated heterocycles. The Morgan fingerprint density at radius 2 is 1.73 bits per heavy atom. The molecule has 5 rings (SSSR count). The molecule has 40 heavy (non-hydrogen) atoms. The molecule has 1 N–H and O–H groups in total. The van der Waals surface area contributed by atoms with Gasteiger partial charge >= 0.3 is 12.5 Å². The van der Waals surface area contributed by atoms with E-state index < -0.39 is 12.5 Å². The molecular weight excluding hydrogens is 527 g/mol. The van der Waals surface area contributed by atoms with Gasteiger partial charge in [-0.05, 0) is 60.5 Å². The van der Waals surface area contributed by atoms with Gasteiger partial charge in [0.1, 0.15) is 12.4 Å². The van der Waals surface area contributed by atoms with E-state index in [-0.39, 0.29) is 24.1 Å². The van der Waals surface area contributed by atoms with Crippen LogP contribution in [0.5, 0.6) is 5.75 Å². The van der Waals surface area contributed by atoms with E-state index in [0.29, 0.717) is 23.5 Å². The van der Waals surface area contributed by atoms with Crippen LogP contribution in [0.25, 0.3) is 23.0 Å². The van der Waals surface area contributed by atoms with Crippen molar-refractivity contribution < 1.29 is 32.0 Å². The molecule has 2 heterocycles. The number of anilines is 1. The number of nitrogens with one attached hydrogen (secondary N) is 1. The van der Waals surface area contributed by atoms with Gasteiger partial charge in [0.15, 0.2) is 5.69 Å². The maximum absolute atomic E-state index is 12.4. The van der Waals surface area contributed by atoms with Crippen LogP contribution in [0.15, 0.2) is 89.5 Å². The Labute approximate surface area is 226 Å². The molecule has 0 radical (unpaired) electrons. The van der Waals surface area contributed by atoms with Gasteiger partial charge < -0.3 is 14.0 Å². The zero-order valence-electron chi connectivity index (χ0n) is 21.1. The highest BCUT2D eigenvalue weighted by molar-refractivity contribution is 5.84. The topological polar surface area (TPSA) is 104 Å². The standard InChI is InChI=1S/C28H22F3N5O4/c1-18-14-24(26-33-25(35-40-26)21-10-12-23(13-11-21)39-28(29,30)31)34-36(18)16-20-8-5-9-22(15-20)32-27(37)38-17-19-6-3-2-4-7-19/h2-15H,16-17H2,1H3,(H,32,37). The second kappa shape index (κ2) is 11.3. The molecule has 9 nitrogen and oxygen atoms in total. The van der Waals surface area contributed by atoms with Gasteiger partial charge in [0.2, 0.25) is 5.82 Å². The van der Waals surface area contributed by atoms with Gasteiger partial charge in [-0.3, -0.25) is 10.00 Å². The van der Waals surface area contributed by atoms with Crippen LogP contribution in [-0.2, 0) is 17.9 Å². The number of aromatic nitrogens is 4. The van der Waals surface area contributed by atoms with Crippen molar-refractivity contribution in [1.82, 2.24) is 19.9 Å². The summed E-state index contributed by atoms with van der Waals surface area (Å²) >= 11 is 0. The molecule has 0 aliphatic rings. The van der Waals surface area contributed by atoms with Gasteiger partial charge in [0.25, 0.3) is 5.89 Å². The fraction of sp³-hybridized carbons (Fsp3) is 0.143. The number of benzene rings is 3. The molecule has 0 unspecified atom stereocenters. The van der Waals surface area contributed by atoms with Crippen LogP contribution < -0.4 is 10.1 Å². The van der Waals surface area contributed by atoms with Gasteiger partial charge in [0, 0.05) is 16.9 Å². The molecule has 204 valence electrons. The van der Waals surface area contributed by atoms with Gasteiger partial charge in [-0.2, -0.15) is 10.1 Å². The maximum atomic E-state index is 12.4. The second-order valence-electron chi connectivity index (χ2n) is 8.71. The van der Waals surface area contributed by atoms with E-state index >= 15 is 0 Å². The summed E-state index contributed by atoms with van der Waals surface area (Å²) in [7, 11) is 0. The number of amides is 1. The molecule has 0 aliphatic carbocycles. The van der Waals surface area contributed by atoms with Crippen LogP contribution in [0.2, 0.25) is 0 Å². The van der Waals surface area contributed by atoms with Crippen LogP contribution in [0.1, 0.15) is 16.8 Å². The fourth-order valence-electron chi connectivity index (χ4n) is 3.82. The van der Waals surface area contributed by atoms with Crippen LogP contribution in [0.3, 0.4) is 0 Å². The smallest absolute Gasteiger partial charge is 0.444 e. The summed E-state index contributed by atoms with van der Waals surface area (Å²) in [6.07, 6.45) is -5.34. The third kappa shape index (κ3) is 6.84. The van der Waals surface area contributed by atoms with Gasteiger partial charge in [-0.1, -0.05) is 47.6 Å². The molecule has 0 atom stereocenters. The maximum Gasteiger partial charge on any atom is 0.573 e. The van der Waals surface area contributed by atoms with E-state index in [1.807, 2.05) is 55.5 Å². The Balaban J connectivity index is 1.22. The lowest BCUT2D eigenvalue weighted by Crippen LogP contribution is -2.16. The van der Waals surface area contributed by atoms with Gasteiger partial charge in [-0.15, -0.1) is 13.2 Å². The quantitative estimate of drug-likeness (QED) is 0.232. The molecule has 0 saturated carbocycles. The van der Waals surface area contributed by atoms with Crippen LogP contribution in [-0.4, -0.2) is 32.4 Å². The number of carbonyl (C=O) groups is 1. The van der Waals surface area contributed by atoms with E-state index in [9.17, 15) is 18.0 Å². The lowest BCUT2D eigenvalue weighted by molar-refractivity contribution is -0.274. The van der Waals surface area contributed by atoms with Crippen molar-refractivity contribution in [2.24, 2.45) is 0 Å². The number of rotatable bonds is 8. The average molecular weight is 550 g/mol. The first-order valence-electron chi connectivity index (χ1n) is 12.0. The molecule has 1 amide bonds. The van der Waals surface area contributed by atoms with Crippen LogP contribution in [0, 0.1) is 6.92 Å². The number of hydrogen-bond donors (Lipinski definition) is 1. The molecule has 0 fully saturated rings. The molecule has 0 bridgehead atoms. The number of aryl methyl sites for hydroxylation is 1. The van der Waals surface area contributed by atoms with E-state index in [1.54, 1.807) is 16.8 Å². The lowest BCUT2D eigenvalue weighted by atomic mass is 10.2. The second-order valence-corrected chi connectivity index (χ2v) is 8.71. The summed E-state index contributed by atoms with van der Waals surface area (Å²) in [5.41, 5.74) is 4.06. The zero-order valence-corrected chi connectivity index (χ0v) is 21.1. The van der Waals surface area contributed by atoms with Gasteiger partial charge in [-0.25, -0.2) is 4.79 Å². The van der Waals surface area contributed by atoms with Crippen molar-refractivity contribution in [3.05, 3.63) is 102 Å². The number of hydrogen-bond acceptors (Lipinski definition) is 7. The minimum absolute atomic E-state index is 0.157. The van der Waals surface area contributed by atoms with Crippen molar-refractivity contribution in [3.63, 3.8) is 0 Å². The number of carbonyl (C=O) groups excluding carboxylic acids is 1. The van der Waals surface area contributed by atoms with Crippen molar-refractivity contribution >= 4 is 11.8 Å². The van der Waals surface area contributed by atoms with Crippen LogP contribution in [0.4, 0.5) is 23.7 Å². The predicted molar refractivity (Wildman–Crippen MR) is 138 cm³/mol. The average Bonchev–Trinajstić information content (AvgIpc) is 3.55. The summed E-state index contributed by atoms with van der Waals surface area (Å²) < 4.78 is 53.4. The zero-order chi connectivity index (χ0) is 28.1.